The molecule has 0 spiro atoms. The van der Waals surface area contributed by atoms with E-state index in [4.69, 9.17) is 14.2 Å². The Kier molecular flexibility index (Phi) is 5.12. The monoisotopic (exact) mass is 352 g/mol. The van der Waals surface area contributed by atoms with Crippen molar-refractivity contribution in [3.63, 3.8) is 0 Å². The van der Waals surface area contributed by atoms with Gasteiger partial charge in [-0.15, -0.1) is 0 Å². The van der Waals surface area contributed by atoms with Gasteiger partial charge in [0.05, 0.1) is 21.3 Å². The first-order chi connectivity index (χ1) is 12.6. The van der Waals surface area contributed by atoms with E-state index in [-0.39, 0.29) is 0 Å². The zero-order valence-corrected chi connectivity index (χ0v) is 15.0. The lowest BCUT2D eigenvalue weighted by atomic mass is 9.82. The first-order valence-electron chi connectivity index (χ1n) is 8.24. The summed E-state index contributed by atoms with van der Waals surface area (Å²) in [6.07, 6.45) is 0. The van der Waals surface area contributed by atoms with Gasteiger partial charge in [-0.25, -0.2) is 4.39 Å². The lowest BCUT2D eigenvalue weighted by Gasteiger charge is -2.27. The van der Waals surface area contributed by atoms with Gasteiger partial charge < -0.3 is 14.2 Å². The first kappa shape index (κ1) is 17.8. The summed E-state index contributed by atoms with van der Waals surface area (Å²) in [5.74, 6) is 2.04. The number of hydrogen-bond donors (Lipinski definition) is 0. The molecule has 134 valence electrons. The summed E-state index contributed by atoms with van der Waals surface area (Å²) < 4.78 is 32.2. The maximum Gasteiger partial charge on any atom is 0.186 e. The van der Waals surface area contributed by atoms with Crippen molar-refractivity contribution in [1.82, 2.24) is 0 Å². The molecule has 0 heterocycles. The van der Waals surface area contributed by atoms with E-state index >= 15 is 4.39 Å². The van der Waals surface area contributed by atoms with Crippen LogP contribution in [0.3, 0.4) is 0 Å². The maximum atomic E-state index is 16.6. The number of ether oxygens (including phenoxy) is 3. The van der Waals surface area contributed by atoms with Gasteiger partial charge in [0.1, 0.15) is 17.2 Å². The topological polar surface area (TPSA) is 27.7 Å². The van der Waals surface area contributed by atoms with Crippen LogP contribution in [0.1, 0.15) is 16.7 Å². The number of hydrogen-bond acceptors (Lipinski definition) is 3. The predicted octanol–water partition coefficient (Wildman–Crippen LogP) is 4.97. The highest BCUT2D eigenvalue weighted by molar-refractivity contribution is 5.50. The predicted molar refractivity (Wildman–Crippen MR) is 100.0 cm³/mol. The Morgan fingerprint density at radius 1 is 0.500 bits per heavy atom. The van der Waals surface area contributed by atoms with Gasteiger partial charge >= 0.3 is 0 Å². The van der Waals surface area contributed by atoms with Gasteiger partial charge in [0.15, 0.2) is 5.67 Å². The van der Waals surface area contributed by atoms with Gasteiger partial charge in [-0.2, -0.15) is 0 Å². The average Bonchev–Trinajstić information content (AvgIpc) is 2.73. The van der Waals surface area contributed by atoms with Crippen molar-refractivity contribution in [2.24, 2.45) is 0 Å². The number of rotatable bonds is 6. The van der Waals surface area contributed by atoms with E-state index in [0.717, 1.165) is 0 Å². The van der Waals surface area contributed by atoms with Gasteiger partial charge in [0.25, 0.3) is 0 Å². The molecule has 0 aliphatic rings. The molecular weight excluding hydrogens is 331 g/mol. The third kappa shape index (κ3) is 3.23. The lowest BCUT2D eigenvalue weighted by Crippen LogP contribution is -2.23. The molecule has 0 radical (unpaired) electrons. The van der Waals surface area contributed by atoms with Crippen LogP contribution in [0, 0.1) is 0 Å². The molecule has 0 aromatic heterocycles. The third-order valence-electron chi connectivity index (χ3n) is 4.46. The molecule has 0 fully saturated rings. The zero-order valence-electron chi connectivity index (χ0n) is 15.0. The number of alkyl halides is 1. The van der Waals surface area contributed by atoms with Crippen LogP contribution in [0.5, 0.6) is 17.2 Å². The molecule has 0 aliphatic carbocycles. The van der Waals surface area contributed by atoms with Crippen molar-refractivity contribution in [1.29, 1.82) is 0 Å². The standard InChI is InChI=1S/C22H21FO3/c1-24-19-10-4-16(5-11-19)22(23,17-6-12-20(25-2)13-7-17)18-8-14-21(26-3)15-9-18/h4-15H,1-3H3. The third-order valence-corrected chi connectivity index (χ3v) is 4.46. The SMILES string of the molecule is COc1ccc(C(F)(c2ccc(OC)cc2)c2ccc(OC)cc2)cc1. The van der Waals surface area contributed by atoms with Gasteiger partial charge in [0.2, 0.25) is 0 Å². The van der Waals surface area contributed by atoms with Crippen LogP contribution in [0.4, 0.5) is 4.39 Å². The smallest absolute Gasteiger partial charge is 0.186 e. The molecule has 0 unspecified atom stereocenters. The average molecular weight is 352 g/mol. The first-order valence-corrected chi connectivity index (χ1v) is 8.24. The summed E-state index contributed by atoms with van der Waals surface area (Å²) in [6.45, 7) is 0. The quantitative estimate of drug-likeness (QED) is 0.586. The molecule has 0 aliphatic heterocycles. The van der Waals surface area contributed by atoms with Crippen molar-refractivity contribution in [3.8, 4) is 17.2 Å². The van der Waals surface area contributed by atoms with Crippen molar-refractivity contribution in [2.75, 3.05) is 21.3 Å². The zero-order chi connectivity index (χ0) is 18.6. The summed E-state index contributed by atoms with van der Waals surface area (Å²) in [6, 6.07) is 21.0. The Morgan fingerprint density at radius 2 is 0.731 bits per heavy atom. The van der Waals surface area contributed by atoms with Crippen LogP contribution in [0.2, 0.25) is 0 Å². The van der Waals surface area contributed by atoms with E-state index in [1.165, 1.54) is 0 Å². The normalized spacial score (nSPS) is 11.1. The number of methoxy groups -OCH3 is 3. The van der Waals surface area contributed by atoms with E-state index in [2.05, 4.69) is 0 Å². The van der Waals surface area contributed by atoms with E-state index in [0.29, 0.717) is 33.9 Å². The fourth-order valence-corrected chi connectivity index (χ4v) is 2.96. The Balaban J connectivity index is 2.15. The second-order valence-electron chi connectivity index (χ2n) is 5.84. The minimum atomic E-state index is -1.81. The van der Waals surface area contributed by atoms with E-state index < -0.39 is 5.67 Å². The maximum absolute atomic E-state index is 16.6. The molecule has 0 N–H and O–H groups in total. The van der Waals surface area contributed by atoms with Crippen LogP contribution in [0.25, 0.3) is 0 Å². The molecule has 0 saturated heterocycles. The van der Waals surface area contributed by atoms with Gasteiger partial charge in [0, 0.05) is 0 Å². The minimum Gasteiger partial charge on any atom is -0.497 e. The molecule has 3 aromatic rings. The molecule has 3 aromatic carbocycles. The van der Waals surface area contributed by atoms with Crippen molar-refractivity contribution < 1.29 is 18.6 Å². The summed E-state index contributed by atoms with van der Waals surface area (Å²) >= 11 is 0. The van der Waals surface area contributed by atoms with Crippen LogP contribution >= 0.6 is 0 Å². The van der Waals surface area contributed by atoms with Crippen LogP contribution < -0.4 is 14.2 Å². The molecule has 0 bridgehead atoms. The molecule has 0 amide bonds. The number of halogens is 1. The Labute approximate surface area is 153 Å². The lowest BCUT2D eigenvalue weighted by molar-refractivity contribution is 0.280. The van der Waals surface area contributed by atoms with E-state index in [1.807, 2.05) is 0 Å². The summed E-state index contributed by atoms with van der Waals surface area (Å²) in [7, 11) is 4.76. The Bertz CT molecular complexity index is 724. The molecule has 3 rings (SSSR count). The molecular formula is C22H21FO3. The second kappa shape index (κ2) is 7.48. The molecule has 4 heteroatoms. The minimum absolute atomic E-state index is 0.522. The van der Waals surface area contributed by atoms with Crippen LogP contribution in [0.15, 0.2) is 72.8 Å². The summed E-state index contributed by atoms with van der Waals surface area (Å²) in [4.78, 5) is 0. The van der Waals surface area contributed by atoms with E-state index in [9.17, 15) is 0 Å². The van der Waals surface area contributed by atoms with E-state index in [1.54, 1.807) is 94.1 Å². The van der Waals surface area contributed by atoms with Gasteiger partial charge in [-0.05, 0) is 53.1 Å². The van der Waals surface area contributed by atoms with Gasteiger partial charge in [-0.1, -0.05) is 36.4 Å². The highest BCUT2D eigenvalue weighted by Crippen LogP contribution is 2.42. The Morgan fingerprint density at radius 3 is 0.923 bits per heavy atom. The summed E-state index contributed by atoms with van der Waals surface area (Å²) in [5.41, 5.74) is -0.249. The van der Waals surface area contributed by atoms with Crippen LogP contribution in [-0.4, -0.2) is 21.3 Å². The molecule has 26 heavy (non-hydrogen) atoms. The molecule has 3 nitrogen and oxygen atoms in total. The van der Waals surface area contributed by atoms with Crippen LogP contribution in [-0.2, 0) is 5.67 Å². The summed E-state index contributed by atoms with van der Waals surface area (Å²) in [5, 5.41) is 0. The highest BCUT2D eigenvalue weighted by Gasteiger charge is 2.36. The fraction of sp³-hybridized carbons (Fsp3) is 0.182. The van der Waals surface area contributed by atoms with Crippen molar-refractivity contribution >= 4 is 0 Å². The largest absolute Gasteiger partial charge is 0.497 e. The second-order valence-corrected chi connectivity index (χ2v) is 5.84. The molecule has 0 saturated carbocycles. The van der Waals surface area contributed by atoms with Crippen molar-refractivity contribution in [2.45, 2.75) is 5.67 Å². The highest BCUT2D eigenvalue weighted by atomic mass is 19.1. The molecule has 0 atom stereocenters. The number of benzene rings is 3. The van der Waals surface area contributed by atoms with Crippen molar-refractivity contribution in [3.05, 3.63) is 89.5 Å². The Hall–Kier alpha value is -3.01. The fourth-order valence-electron chi connectivity index (χ4n) is 2.96. The van der Waals surface area contributed by atoms with Gasteiger partial charge in [-0.3, -0.25) is 0 Å².